The van der Waals surface area contributed by atoms with E-state index in [1.807, 2.05) is 37.3 Å². The molecule has 98 valence electrons. The molecule has 0 saturated heterocycles. The van der Waals surface area contributed by atoms with Gasteiger partial charge in [0.1, 0.15) is 11.5 Å². The molecular weight excluding hydrogens is 240 g/mol. The first-order valence-corrected chi connectivity index (χ1v) is 6.11. The predicted molar refractivity (Wildman–Crippen MR) is 73.3 cm³/mol. The van der Waals surface area contributed by atoms with Gasteiger partial charge in [0, 0.05) is 13.1 Å². The van der Waals surface area contributed by atoms with Crippen molar-refractivity contribution in [1.82, 2.24) is 14.9 Å². The Kier molecular flexibility index (Phi) is 4.07. The number of hydrogen-bond acceptors (Lipinski definition) is 4. The lowest BCUT2D eigenvalue weighted by Gasteiger charge is -2.20. The van der Waals surface area contributed by atoms with Gasteiger partial charge in [0.25, 0.3) is 5.91 Å². The van der Waals surface area contributed by atoms with Crippen molar-refractivity contribution in [3.05, 3.63) is 54.0 Å². The number of hydrogen-bond donors (Lipinski definition) is 1. The van der Waals surface area contributed by atoms with Crippen molar-refractivity contribution in [3.8, 4) is 0 Å². The number of nitrogens with zero attached hydrogens (tertiary/aromatic N) is 3. The van der Waals surface area contributed by atoms with Crippen LogP contribution in [0.4, 0.5) is 5.82 Å². The number of carbonyl (C=O) groups is 1. The first kappa shape index (κ1) is 13.0. The SMILES string of the molecule is CCN(Cc1ccccc1)C(=O)c1cnc(N)cn1. The molecule has 2 N–H and O–H groups in total. The van der Waals surface area contributed by atoms with Gasteiger partial charge < -0.3 is 10.6 Å². The molecular formula is C14H16N4O. The van der Waals surface area contributed by atoms with Crippen molar-refractivity contribution in [2.24, 2.45) is 0 Å². The van der Waals surface area contributed by atoms with Crippen molar-refractivity contribution in [2.75, 3.05) is 12.3 Å². The summed E-state index contributed by atoms with van der Waals surface area (Å²) in [5.74, 6) is 0.168. The number of aromatic nitrogens is 2. The molecule has 0 unspecified atom stereocenters. The molecule has 0 radical (unpaired) electrons. The van der Waals surface area contributed by atoms with Crippen LogP contribution in [0.15, 0.2) is 42.7 Å². The monoisotopic (exact) mass is 256 g/mol. The molecule has 0 fully saturated rings. The van der Waals surface area contributed by atoms with Crippen LogP contribution in [0.3, 0.4) is 0 Å². The van der Waals surface area contributed by atoms with E-state index in [-0.39, 0.29) is 5.91 Å². The van der Waals surface area contributed by atoms with Gasteiger partial charge in [-0.05, 0) is 12.5 Å². The fourth-order valence-electron chi connectivity index (χ4n) is 1.74. The molecule has 0 aliphatic rings. The van der Waals surface area contributed by atoms with Crippen molar-refractivity contribution in [1.29, 1.82) is 0 Å². The number of anilines is 1. The molecule has 1 aromatic heterocycles. The maximum Gasteiger partial charge on any atom is 0.274 e. The van der Waals surface area contributed by atoms with Gasteiger partial charge in [-0.25, -0.2) is 9.97 Å². The van der Waals surface area contributed by atoms with Gasteiger partial charge in [0.15, 0.2) is 0 Å². The highest BCUT2D eigenvalue weighted by Gasteiger charge is 2.16. The third kappa shape index (κ3) is 3.28. The van der Waals surface area contributed by atoms with Gasteiger partial charge in [-0.2, -0.15) is 0 Å². The minimum Gasteiger partial charge on any atom is -0.382 e. The van der Waals surface area contributed by atoms with Gasteiger partial charge in [0.2, 0.25) is 0 Å². The quantitative estimate of drug-likeness (QED) is 0.904. The van der Waals surface area contributed by atoms with Crippen LogP contribution in [0.1, 0.15) is 23.0 Å². The van der Waals surface area contributed by atoms with Gasteiger partial charge in [-0.15, -0.1) is 0 Å². The van der Waals surface area contributed by atoms with Crippen LogP contribution in [-0.2, 0) is 6.54 Å². The van der Waals surface area contributed by atoms with Gasteiger partial charge in [-0.3, -0.25) is 4.79 Å². The summed E-state index contributed by atoms with van der Waals surface area (Å²) in [4.78, 5) is 21.9. The zero-order valence-electron chi connectivity index (χ0n) is 10.8. The van der Waals surface area contributed by atoms with Crippen molar-refractivity contribution in [2.45, 2.75) is 13.5 Å². The molecule has 0 atom stereocenters. The highest BCUT2D eigenvalue weighted by molar-refractivity contribution is 5.92. The second-order valence-electron chi connectivity index (χ2n) is 4.13. The zero-order valence-corrected chi connectivity index (χ0v) is 10.8. The van der Waals surface area contributed by atoms with Crippen molar-refractivity contribution >= 4 is 11.7 Å². The number of nitrogens with two attached hydrogens (primary N) is 1. The van der Waals surface area contributed by atoms with Crippen LogP contribution in [-0.4, -0.2) is 27.3 Å². The Morgan fingerprint density at radius 1 is 1.21 bits per heavy atom. The normalized spacial score (nSPS) is 10.2. The Bertz CT molecular complexity index is 539. The molecule has 0 saturated carbocycles. The first-order valence-electron chi connectivity index (χ1n) is 6.11. The third-order valence-electron chi connectivity index (χ3n) is 2.78. The molecule has 19 heavy (non-hydrogen) atoms. The molecule has 2 aromatic rings. The van der Waals surface area contributed by atoms with Crippen LogP contribution >= 0.6 is 0 Å². The fourth-order valence-corrected chi connectivity index (χ4v) is 1.74. The molecule has 0 bridgehead atoms. The Balaban J connectivity index is 2.13. The molecule has 0 spiro atoms. The van der Waals surface area contributed by atoms with E-state index in [0.29, 0.717) is 24.6 Å². The topological polar surface area (TPSA) is 72.1 Å². The number of carbonyl (C=O) groups excluding carboxylic acids is 1. The average molecular weight is 256 g/mol. The summed E-state index contributed by atoms with van der Waals surface area (Å²) in [7, 11) is 0. The third-order valence-corrected chi connectivity index (χ3v) is 2.78. The van der Waals surface area contributed by atoms with E-state index in [4.69, 9.17) is 5.73 Å². The lowest BCUT2D eigenvalue weighted by Crippen LogP contribution is -2.31. The van der Waals surface area contributed by atoms with E-state index in [0.717, 1.165) is 5.56 Å². The summed E-state index contributed by atoms with van der Waals surface area (Å²) in [6.07, 6.45) is 2.80. The highest BCUT2D eigenvalue weighted by Crippen LogP contribution is 2.08. The summed E-state index contributed by atoms with van der Waals surface area (Å²) >= 11 is 0. The molecule has 0 aliphatic heterocycles. The van der Waals surface area contributed by atoms with Crippen LogP contribution in [0.25, 0.3) is 0 Å². The Labute approximate surface area is 112 Å². The van der Waals surface area contributed by atoms with E-state index < -0.39 is 0 Å². The lowest BCUT2D eigenvalue weighted by molar-refractivity contribution is 0.0746. The van der Waals surface area contributed by atoms with E-state index in [2.05, 4.69) is 9.97 Å². The number of nitrogen functional groups attached to an aromatic ring is 1. The fraction of sp³-hybridized carbons (Fsp3) is 0.214. The summed E-state index contributed by atoms with van der Waals surface area (Å²) in [6, 6.07) is 9.84. The molecule has 5 heteroatoms. The largest absolute Gasteiger partial charge is 0.382 e. The Morgan fingerprint density at radius 3 is 2.53 bits per heavy atom. The summed E-state index contributed by atoms with van der Waals surface area (Å²) in [5.41, 5.74) is 6.86. The molecule has 5 nitrogen and oxygen atoms in total. The maximum absolute atomic E-state index is 12.3. The second kappa shape index (κ2) is 5.95. The van der Waals surface area contributed by atoms with Crippen LogP contribution in [0.5, 0.6) is 0 Å². The van der Waals surface area contributed by atoms with E-state index >= 15 is 0 Å². The van der Waals surface area contributed by atoms with Crippen LogP contribution in [0.2, 0.25) is 0 Å². The molecule has 1 heterocycles. The standard InChI is InChI=1S/C14H16N4O/c1-2-18(10-11-6-4-3-5-7-11)14(19)12-8-17-13(15)9-16-12/h3-9H,2,10H2,1H3,(H2,15,17). The van der Waals surface area contributed by atoms with Gasteiger partial charge in [-0.1, -0.05) is 30.3 Å². The molecule has 1 amide bonds. The molecule has 0 aliphatic carbocycles. The maximum atomic E-state index is 12.3. The smallest absolute Gasteiger partial charge is 0.274 e. The summed E-state index contributed by atoms with van der Waals surface area (Å²) in [6.45, 7) is 3.10. The molecule has 1 aromatic carbocycles. The minimum absolute atomic E-state index is 0.140. The first-order chi connectivity index (χ1) is 9.20. The Morgan fingerprint density at radius 2 is 1.95 bits per heavy atom. The van der Waals surface area contributed by atoms with Gasteiger partial charge >= 0.3 is 0 Å². The summed E-state index contributed by atoms with van der Waals surface area (Å²) < 4.78 is 0. The van der Waals surface area contributed by atoms with Gasteiger partial charge in [0.05, 0.1) is 12.4 Å². The lowest BCUT2D eigenvalue weighted by atomic mass is 10.2. The minimum atomic E-state index is -0.140. The van der Waals surface area contributed by atoms with E-state index in [1.165, 1.54) is 12.4 Å². The number of amides is 1. The van der Waals surface area contributed by atoms with Crippen molar-refractivity contribution in [3.63, 3.8) is 0 Å². The van der Waals surface area contributed by atoms with Crippen molar-refractivity contribution < 1.29 is 4.79 Å². The van der Waals surface area contributed by atoms with E-state index in [1.54, 1.807) is 4.90 Å². The van der Waals surface area contributed by atoms with Crippen LogP contribution < -0.4 is 5.73 Å². The summed E-state index contributed by atoms with van der Waals surface area (Å²) in [5, 5.41) is 0. The average Bonchev–Trinajstić information content (AvgIpc) is 2.46. The second-order valence-corrected chi connectivity index (χ2v) is 4.13. The Hall–Kier alpha value is -2.43. The number of rotatable bonds is 4. The zero-order chi connectivity index (χ0) is 13.7. The van der Waals surface area contributed by atoms with E-state index in [9.17, 15) is 4.79 Å². The molecule has 2 rings (SSSR count). The van der Waals surface area contributed by atoms with Crippen LogP contribution in [0, 0.1) is 0 Å². The predicted octanol–water partition coefficient (Wildman–Crippen LogP) is 1.72. The number of benzene rings is 1. The highest BCUT2D eigenvalue weighted by atomic mass is 16.2.